The van der Waals surface area contributed by atoms with Crippen LogP contribution in [0, 0.1) is 0 Å². The second-order valence-electron chi connectivity index (χ2n) is 8.29. The number of benzene rings is 1. The van der Waals surface area contributed by atoms with Gasteiger partial charge in [0, 0.05) is 25.7 Å². The van der Waals surface area contributed by atoms with Crippen LogP contribution in [0.5, 0.6) is 0 Å². The molecule has 9 heteroatoms. The molecule has 3 heterocycles. The second kappa shape index (κ2) is 10.3. The minimum atomic E-state index is -0.779. The molecule has 30 heavy (non-hydrogen) atoms. The van der Waals surface area contributed by atoms with Crippen LogP contribution in [0.3, 0.4) is 0 Å². The fourth-order valence-electron chi connectivity index (χ4n) is 4.17. The topological polar surface area (TPSA) is 95.3 Å². The first-order valence-electron chi connectivity index (χ1n) is 10.5. The number of amides is 1. The van der Waals surface area contributed by atoms with Crippen LogP contribution in [0.1, 0.15) is 41.7 Å². The van der Waals surface area contributed by atoms with E-state index in [2.05, 4.69) is 50.1 Å². The van der Waals surface area contributed by atoms with Crippen molar-refractivity contribution in [2.75, 3.05) is 26.2 Å². The zero-order chi connectivity index (χ0) is 20.1. The van der Waals surface area contributed by atoms with Gasteiger partial charge in [0.05, 0.1) is 18.3 Å². The Bertz CT molecular complexity index is 801. The average molecular weight is 435 g/mol. The molecule has 0 atom stereocenters. The van der Waals surface area contributed by atoms with Crippen molar-refractivity contribution in [2.24, 2.45) is 0 Å². The van der Waals surface area contributed by atoms with Crippen LogP contribution in [-0.4, -0.2) is 68.7 Å². The molecule has 164 valence electrons. The van der Waals surface area contributed by atoms with Crippen LogP contribution in [0.4, 0.5) is 0 Å². The van der Waals surface area contributed by atoms with E-state index < -0.39 is 5.60 Å². The van der Waals surface area contributed by atoms with Crippen molar-refractivity contribution in [3.8, 4) is 0 Å². The van der Waals surface area contributed by atoms with Gasteiger partial charge in [0.2, 0.25) is 0 Å². The number of halogens is 1. The first kappa shape index (κ1) is 22.7. The molecule has 3 N–H and O–H groups in total. The standard InChI is InChI=1S/C21H30N6O2.ClH/c28-20(19-15-27(25-24-19)16-21(29)8-10-22-11-9-21)23-18-6-12-26(13-7-18)14-17-4-2-1-3-5-17;/h1-5,15,18,22,29H,6-14,16H2,(H,23,28);1H. The predicted octanol–water partition coefficient (Wildman–Crippen LogP) is 1.21. The SMILES string of the molecule is Cl.O=C(NC1CCN(Cc2ccccc2)CC1)c1cn(CC2(O)CCNCC2)nn1. The molecular weight excluding hydrogens is 404 g/mol. The Labute approximate surface area is 183 Å². The van der Waals surface area contributed by atoms with Gasteiger partial charge in [-0.2, -0.15) is 0 Å². The molecule has 4 rings (SSSR count). The number of aliphatic hydroxyl groups is 1. The largest absolute Gasteiger partial charge is 0.388 e. The summed E-state index contributed by atoms with van der Waals surface area (Å²) in [5.41, 5.74) is 0.856. The molecule has 0 radical (unpaired) electrons. The summed E-state index contributed by atoms with van der Waals surface area (Å²) in [4.78, 5) is 15.0. The van der Waals surface area contributed by atoms with E-state index in [9.17, 15) is 9.90 Å². The van der Waals surface area contributed by atoms with E-state index in [4.69, 9.17) is 0 Å². The first-order valence-corrected chi connectivity index (χ1v) is 10.5. The number of carbonyl (C=O) groups excluding carboxylic acids is 1. The highest BCUT2D eigenvalue weighted by Gasteiger charge is 2.30. The van der Waals surface area contributed by atoms with Crippen molar-refractivity contribution in [3.05, 3.63) is 47.8 Å². The zero-order valence-corrected chi connectivity index (χ0v) is 18.0. The maximum absolute atomic E-state index is 12.6. The molecule has 0 spiro atoms. The number of hydrogen-bond donors (Lipinski definition) is 3. The number of likely N-dealkylation sites (tertiary alicyclic amines) is 1. The Hall–Kier alpha value is -2.00. The molecule has 0 saturated carbocycles. The van der Waals surface area contributed by atoms with Crippen LogP contribution in [0.15, 0.2) is 36.5 Å². The first-order chi connectivity index (χ1) is 14.1. The fraction of sp³-hybridized carbons (Fsp3) is 0.571. The summed E-state index contributed by atoms with van der Waals surface area (Å²) in [6, 6.07) is 10.6. The highest BCUT2D eigenvalue weighted by Crippen LogP contribution is 2.20. The smallest absolute Gasteiger partial charge is 0.273 e. The van der Waals surface area contributed by atoms with E-state index >= 15 is 0 Å². The quantitative estimate of drug-likeness (QED) is 0.632. The Balaban J connectivity index is 0.00000256. The highest BCUT2D eigenvalue weighted by atomic mass is 35.5. The second-order valence-corrected chi connectivity index (χ2v) is 8.29. The maximum atomic E-state index is 12.6. The van der Waals surface area contributed by atoms with Gasteiger partial charge in [0.1, 0.15) is 0 Å². The minimum Gasteiger partial charge on any atom is -0.388 e. The van der Waals surface area contributed by atoms with Gasteiger partial charge < -0.3 is 15.7 Å². The van der Waals surface area contributed by atoms with Gasteiger partial charge in [-0.1, -0.05) is 35.5 Å². The van der Waals surface area contributed by atoms with Gasteiger partial charge in [0.15, 0.2) is 5.69 Å². The summed E-state index contributed by atoms with van der Waals surface area (Å²) in [6.45, 7) is 4.84. The van der Waals surface area contributed by atoms with Crippen molar-refractivity contribution in [1.82, 2.24) is 30.5 Å². The molecule has 8 nitrogen and oxygen atoms in total. The van der Waals surface area contributed by atoms with Gasteiger partial charge >= 0.3 is 0 Å². The lowest BCUT2D eigenvalue weighted by atomic mass is 9.92. The molecule has 2 fully saturated rings. The molecule has 2 saturated heterocycles. The molecule has 1 aromatic heterocycles. The van der Waals surface area contributed by atoms with Crippen molar-refractivity contribution >= 4 is 18.3 Å². The maximum Gasteiger partial charge on any atom is 0.273 e. The molecule has 0 bridgehead atoms. The van der Waals surface area contributed by atoms with Gasteiger partial charge in [-0.3, -0.25) is 9.69 Å². The number of rotatable bonds is 6. The van der Waals surface area contributed by atoms with E-state index in [1.807, 2.05) is 6.07 Å². The van der Waals surface area contributed by atoms with Crippen LogP contribution in [0.25, 0.3) is 0 Å². The van der Waals surface area contributed by atoms with Crippen LogP contribution < -0.4 is 10.6 Å². The lowest BCUT2D eigenvalue weighted by molar-refractivity contribution is -0.00866. The fourth-order valence-corrected chi connectivity index (χ4v) is 4.17. The van der Waals surface area contributed by atoms with E-state index in [1.54, 1.807) is 10.9 Å². The molecule has 1 amide bonds. The van der Waals surface area contributed by atoms with Crippen molar-refractivity contribution in [3.63, 3.8) is 0 Å². The average Bonchev–Trinajstić information content (AvgIpc) is 3.19. The van der Waals surface area contributed by atoms with E-state index in [1.165, 1.54) is 5.56 Å². The Kier molecular flexibility index (Phi) is 7.82. The van der Waals surface area contributed by atoms with E-state index in [0.717, 1.165) is 45.6 Å². The predicted molar refractivity (Wildman–Crippen MR) is 117 cm³/mol. The third-order valence-electron chi connectivity index (χ3n) is 5.93. The summed E-state index contributed by atoms with van der Waals surface area (Å²) in [5.74, 6) is -0.185. The Morgan fingerprint density at radius 3 is 2.60 bits per heavy atom. The number of hydrogen-bond acceptors (Lipinski definition) is 6. The lowest BCUT2D eigenvalue weighted by Crippen LogP contribution is -2.45. The van der Waals surface area contributed by atoms with Crippen LogP contribution in [-0.2, 0) is 13.1 Å². The summed E-state index contributed by atoms with van der Waals surface area (Å²) < 4.78 is 1.59. The number of nitrogens with zero attached hydrogens (tertiary/aromatic N) is 4. The number of piperidine rings is 2. The molecule has 2 aromatic rings. The number of nitrogens with one attached hydrogen (secondary N) is 2. The van der Waals surface area contributed by atoms with E-state index in [-0.39, 0.29) is 24.4 Å². The van der Waals surface area contributed by atoms with Gasteiger partial charge in [-0.05, 0) is 44.3 Å². The normalized spacial score (nSPS) is 19.8. The number of aromatic nitrogens is 3. The zero-order valence-electron chi connectivity index (χ0n) is 17.2. The summed E-state index contributed by atoms with van der Waals surface area (Å²) in [5, 5.41) is 25.0. The minimum absolute atomic E-state index is 0. The van der Waals surface area contributed by atoms with Crippen LogP contribution >= 0.6 is 12.4 Å². The third kappa shape index (κ3) is 6.01. The molecular formula is C21H31ClN6O2. The summed E-state index contributed by atoms with van der Waals surface area (Å²) >= 11 is 0. The Morgan fingerprint density at radius 2 is 1.90 bits per heavy atom. The number of carbonyl (C=O) groups is 1. The third-order valence-corrected chi connectivity index (χ3v) is 5.93. The van der Waals surface area contributed by atoms with Crippen molar-refractivity contribution in [1.29, 1.82) is 0 Å². The van der Waals surface area contributed by atoms with Crippen molar-refractivity contribution < 1.29 is 9.90 Å². The molecule has 0 aliphatic carbocycles. The van der Waals surface area contributed by atoms with Crippen LogP contribution in [0.2, 0.25) is 0 Å². The summed E-state index contributed by atoms with van der Waals surface area (Å²) in [6.07, 6.45) is 4.85. The highest BCUT2D eigenvalue weighted by molar-refractivity contribution is 5.92. The molecule has 2 aliphatic heterocycles. The Morgan fingerprint density at radius 1 is 1.20 bits per heavy atom. The van der Waals surface area contributed by atoms with E-state index in [0.29, 0.717) is 25.1 Å². The molecule has 0 unspecified atom stereocenters. The van der Waals surface area contributed by atoms with Gasteiger partial charge in [-0.15, -0.1) is 17.5 Å². The lowest BCUT2D eigenvalue weighted by Gasteiger charge is -2.32. The van der Waals surface area contributed by atoms with Crippen molar-refractivity contribution in [2.45, 2.75) is 50.4 Å². The molecule has 1 aromatic carbocycles. The monoisotopic (exact) mass is 434 g/mol. The molecule has 2 aliphatic rings. The summed E-state index contributed by atoms with van der Waals surface area (Å²) in [7, 11) is 0. The van der Waals surface area contributed by atoms with Gasteiger partial charge in [0.25, 0.3) is 5.91 Å². The van der Waals surface area contributed by atoms with Gasteiger partial charge in [-0.25, -0.2) is 4.68 Å².